The summed E-state index contributed by atoms with van der Waals surface area (Å²) in [5, 5.41) is 11.9. The van der Waals surface area contributed by atoms with Crippen molar-refractivity contribution in [2.45, 2.75) is 32.2 Å². The number of rotatable bonds is 6. The molecule has 0 saturated carbocycles. The molecule has 0 aliphatic carbocycles. The number of nitrogens with one attached hydrogen (secondary N) is 1. The molecule has 0 saturated heterocycles. The fourth-order valence-corrected chi connectivity index (χ4v) is 2.49. The average molecular weight is 341 g/mol. The summed E-state index contributed by atoms with van der Waals surface area (Å²) in [7, 11) is 0. The normalized spacial score (nSPS) is 12.3. The van der Waals surface area contributed by atoms with Crippen molar-refractivity contribution in [3.8, 4) is 5.75 Å². The maximum Gasteiger partial charge on any atom is 0.330 e. The second kappa shape index (κ2) is 7.83. The fraction of sp³-hybridized carbons (Fsp3) is 0.300. The first-order valence-corrected chi connectivity index (χ1v) is 8.08. The van der Waals surface area contributed by atoms with Crippen LogP contribution in [0.2, 0.25) is 0 Å². The van der Waals surface area contributed by atoms with E-state index in [1.54, 1.807) is 36.4 Å². The molecule has 0 aliphatic rings. The van der Waals surface area contributed by atoms with Crippen LogP contribution in [0.25, 0.3) is 0 Å². The second-order valence-corrected chi connectivity index (χ2v) is 6.78. The Hall–Kier alpha value is -2.82. The molecule has 132 valence electrons. The number of carbonyl (C=O) groups is 2. The molecule has 0 aliphatic heterocycles. The van der Waals surface area contributed by atoms with Crippen molar-refractivity contribution in [2.75, 3.05) is 6.61 Å². The minimum absolute atomic E-state index is 0.124. The maximum atomic E-state index is 12.2. The van der Waals surface area contributed by atoms with Crippen LogP contribution in [0.5, 0.6) is 5.75 Å². The molecular formula is C20H23NO4. The van der Waals surface area contributed by atoms with E-state index in [0.29, 0.717) is 11.3 Å². The predicted molar refractivity (Wildman–Crippen MR) is 95.6 cm³/mol. The van der Waals surface area contributed by atoms with Gasteiger partial charge in [0.05, 0.1) is 0 Å². The van der Waals surface area contributed by atoms with Crippen LogP contribution in [0.4, 0.5) is 0 Å². The van der Waals surface area contributed by atoms with Gasteiger partial charge in [-0.2, -0.15) is 0 Å². The molecule has 0 unspecified atom stereocenters. The molecule has 5 nitrogen and oxygen atoms in total. The lowest BCUT2D eigenvalue weighted by Crippen LogP contribution is -2.36. The predicted octanol–water partition coefficient (Wildman–Crippen LogP) is 3.31. The zero-order chi connectivity index (χ0) is 18.4. The Kier molecular flexibility index (Phi) is 5.80. The maximum absolute atomic E-state index is 12.2. The Labute approximate surface area is 147 Å². The van der Waals surface area contributed by atoms with E-state index in [9.17, 15) is 14.7 Å². The van der Waals surface area contributed by atoms with Gasteiger partial charge >= 0.3 is 5.97 Å². The van der Waals surface area contributed by atoms with Crippen molar-refractivity contribution in [2.24, 2.45) is 0 Å². The van der Waals surface area contributed by atoms with E-state index >= 15 is 0 Å². The van der Waals surface area contributed by atoms with Crippen LogP contribution in [-0.4, -0.2) is 23.6 Å². The molecular weight excluding hydrogens is 318 g/mol. The number of benzene rings is 2. The van der Waals surface area contributed by atoms with Gasteiger partial charge in [0.1, 0.15) is 5.75 Å². The Morgan fingerprint density at radius 3 is 2.24 bits per heavy atom. The molecule has 25 heavy (non-hydrogen) atoms. The van der Waals surface area contributed by atoms with E-state index in [4.69, 9.17) is 4.74 Å². The molecule has 2 aromatic rings. The molecule has 0 aromatic heterocycles. The lowest BCUT2D eigenvalue weighted by atomic mass is 9.86. The molecule has 0 heterocycles. The van der Waals surface area contributed by atoms with E-state index < -0.39 is 17.9 Å². The highest BCUT2D eigenvalue weighted by molar-refractivity contribution is 5.85. The number of hydrogen-bond donors (Lipinski definition) is 2. The van der Waals surface area contributed by atoms with Gasteiger partial charge in [-0.3, -0.25) is 4.79 Å². The molecule has 0 bridgehead atoms. The topological polar surface area (TPSA) is 75.6 Å². The molecule has 0 radical (unpaired) electrons. The summed E-state index contributed by atoms with van der Waals surface area (Å²) < 4.78 is 5.64. The molecule has 1 amide bonds. The SMILES string of the molecule is CC(C)(C)c1ccccc1OCC(=O)N[C@H](C(=O)O)c1ccccc1. The average Bonchev–Trinajstić information content (AvgIpc) is 2.58. The van der Waals surface area contributed by atoms with Gasteiger partial charge in [0.2, 0.25) is 0 Å². The van der Waals surface area contributed by atoms with Gasteiger partial charge < -0.3 is 15.2 Å². The highest BCUT2D eigenvalue weighted by Gasteiger charge is 2.23. The van der Waals surface area contributed by atoms with E-state index in [0.717, 1.165) is 5.56 Å². The molecule has 0 fully saturated rings. The highest BCUT2D eigenvalue weighted by atomic mass is 16.5. The van der Waals surface area contributed by atoms with Crippen molar-refractivity contribution in [1.29, 1.82) is 0 Å². The fourth-order valence-electron chi connectivity index (χ4n) is 2.49. The van der Waals surface area contributed by atoms with Crippen molar-refractivity contribution < 1.29 is 19.4 Å². The molecule has 2 rings (SSSR count). The van der Waals surface area contributed by atoms with E-state index in [-0.39, 0.29) is 12.0 Å². The minimum Gasteiger partial charge on any atom is -0.483 e. The zero-order valence-electron chi connectivity index (χ0n) is 14.7. The van der Waals surface area contributed by atoms with Crippen LogP contribution in [0.1, 0.15) is 37.9 Å². The third kappa shape index (κ3) is 5.08. The first kappa shape index (κ1) is 18.5. The quantitative estimate of drug-likeness (QED) is 0.845. The first-order chi connectivity index (χ1) is 11.8. The van der Waals surface area contributed by atoms with Crippen molar-refractivity contribution in [3.05, 3.63) is 65.7 Å². The van der Waals surface area contributed by atoms with Crippen LogP contribution in [0, 0.1) is 0 Å². The highest BCUT2D eigenvalue weighted by Crippen LogP contribution is 2.30. The number of amides is 1. The summed E-state index contributed by atoms with van der Waals surface area (Å²) >= 11 is 0. The van der Waals surface area contributed by atoms with Gasteiger partial charge in [0.25, 0.3) is 5.91 Å². The van der Waals surface area contributed by atoms with Gasteiger partial charge in [0, 0.05) is 0 Å². The molecule has 2 aromatic carbocycles. The number of carboxylic acids is 1. The van der Waals surface area contributed by atoms with Crippen LogP contribution in [-0.2, 0) is 15.0 Å². The number of ether oxygens (including phenoxy) is 1. The molecule has 0 spiro atoms. The molecule has 2 N–H and O–H groups in total. The van der Waals surface area contributed by atoms with E-state index in [1.165, 1.54) is 0 Å². The largest absolute Gasteiger partial charge is 0.483 e. The number of hydrogen-bond acceptors (Lipinski definition) is 3. The van der Waals surface area contributed by atoms with Crippen molar-refractivity contribution in [1.82, 2.24) is 5.32 Å². The Morgan fingerprint density at radius 1 is 1.04 bits per heavy atom. The summed E-state index contributed by atoms with van der Waals surface area (Å²) in [6.45, 7) is 5.94. The van der Waals surface area contributed by atoms with Crippen LogP contribution in [0.15, 0.2) is 54.6 Å². The number of aliphatic carboxylic acids is 1. The van der Waals surface area contributed by atoms with Crippen LogP contribution >= 0.6 is 0 Å². The lowest BCUT2D eigenvalue weighted by molar-refractivity contribution is -0.142. The minimum atomic E-state index is -1.12. The summed E-state index contributed by atoms with van der Waals surface area (Å²) in [5.41, 5.74) is 1.37. The Balaban J connectivity index is 2.05. The summed E-state index contributed by atoms with van der Waals surface area (Å²) in [4.78, 5) is 23.6. The van der Waals surface area contributed by atoms with Crippen molar-refractivity contribution >= 4 is 11.9 Å². The second-order valence-electron chi connectivity index (χ2n) is 6.78. The number of carboxylic acid groups (broad SMARTS) is 1. The zero-order valence-corrected chi connectivity index (χ0v) is 14.7. The first-order valence-electron chi connectivity index (χ1n) is 8.08. The van der Waals surface area contributed by atoms with E-state index in [2.05, 4.69) is 26.1 Å². The summed E-state index contributed by atoms with van der Waals surface area (Å²) in [5.74, 6) is -0.980. The van der Waals surface area contributed by atoms with Crippen molar-refractivity contribution in [3.63, 3.8) is 0 Å². The monoisotopic (exact) mass is 341 g/mol. The number of carbonyl (C=O) groups excluding carboxylic acids is 1. The van der Waals surface area contributed by atoms with Gasteiger partial charge in [-0.1, -0.05) is 69.3 Å². The lowest BCUT2D eigenvalue weighted by Gasteiger charge is -2.22. The van der Waals surface area contributed by atoms with Crippen LogP contribution < -0.4 is 10.1 Å². The van der Waals surface area contributed by atoms with Gasteiger partial charge in [0.15, 0.2) is 12.6 Å². The Morgan fingerprint density at radius 2 is 1.64 bits per heavy atom. The third-order valence-electron chi connectivity index (χ3n) is 3.74. The molecule has 5 heteroatoms. The van der Waals surface area contributed by atoms with Gasteiger partial charge in [-0.15, -0.1) is 0 Å². The van der Waals surface area contributed by atoms with Crippen LogP contribution in [0.3, 0.4) is 0 Å². The van der Waals surface area contributed by atoms with E-state index in [1.807, 2.05) is 18.2 Å². The standard InChI is InChI=1S/C20H23NO4/c1-20(2,3)15-11-7-8-12-16(15)25-13-17(22)21-18(19(23)24)14-9-5-4-6-10-14/h4-12,18H,13H2,1-3H3,(H,21,22)(H,23,24)/t18-/m0/s1. The molecule has 1 atom stereocenters. The Bertz CT molecular complexity index is 735. The van der Waals surface area contributed by atoms with Gasteiger partial charge in [-0.05, 0) is 22.6 Å². The summed E-state index contributed by atoms with van der Waals surface area (Å²) in [6, 6.07) is 15.0. The third-order valence-corrected chi connectivity index (χ3v) is 3.74. The number of para-hydroxylation sites is 1. The smallest absolute Gasteiger partial charge is 0.330 e. The summed E-state index contributed by atoms with van der Waals surface area (Å²) in [6.07, 6.45) is 0. The van der Waals surface area contributed by atoms with Gasteiger partial charge in [-0.25, -0.2) is 4.79 Å².